The van der Waals surface area contributed by atoms with E-state index in [9.17, 15) is 9.18 Å². The van der Waals surface area contributed by atoms with Crippen molar-refractivity contribution in [3.63, 3.8) is 0 Å². The largest absolute Gasteiger partial charge is 0.317 e. The molecule has 0 aromatic heterocycles. The highest BCUT2D eigenvalue weighted by Gasteiger charge is 2.09. The lowest BCUT2D eigenvalue weighted by Crippen LogP contribution is -2.18. The van der Waals surface area contributed by atoms with Crippen molar-refractivity contribution < 1.29 is 9.18 Å². The van der Waals surface area contributed by atoms with Crippen molar-refractivity contribution in [2.75, 3.05) is 13.1 Å². The van der Waals surface area contributed by atoms with Crippen molar-refractivity contribution >= 4 is 5.78 Å². The van der Waals surface area contributed by atoms with Crippen LogP contribution in [0.25, 0.3) is 0 Å². The van der Waals surface area contributed by atoms with E-state index in [0.717, 1.165) is 6.54 Å². The van der Waals surface area contributed by atoms with Gasteiger partial charge >= 0.3 is 0 Å². The SMILES string of the molecule is CCNCCC(=O)c1ccccc1F. The van der Waals surface area contributed by atoms with Crippen LogP contribution in [0.5, 0.6) is 0 Å². The minimum absolute atomic E-state index is 0.149. The Hall–Kier alpha value is -1.22. The molecule has 0 heterocycles. The highest BCUT2D eigenvalue weighted by atomic mass is 19.1. The maximum Gasteiger partial charge on any atom is 0.167 e. The van der Waals surface area contributed by atoms with E-state index in [4.69, 9.17) is 0 Å². The van der Waals surface area contributed by atoms with E-state index in [1.165, 1.54) is 12.1 Å². The molecule has 0 fully saturated rings. The van der Waals surface area contributed by atoms with Gasteiger partial charge in [-0.15, -0.1) is 0 Å². The highest BCUT2D eigenvalue weighted by molar-refractivity contribution is 5.96. The zero-order valence-electron chi connectivity index (χ0n) is 8.22. The van der Waals surface area contributed by atoms with Crippen molar-refractivity contribution in [1.82, 2.24) is 5.32 Å². The minimum Gasteiger partial charge on any atom is -0.317 e. The lowest BCUT2D eigenvalue weighted by molar-refractivity contribution is 0.0979. The Bertz CT molecular complexity index is 312. The van der Waals surface area contributed by atoms with Gasteiger partial charge in [-0.1, -0.05) is 19.1 Å². The summed E-state index contributed by atoms with van der Waals surface area (Å²) in [4.78, 5) is 11.5. The first-order valence-electron chi connectivity index (χ1n) is 4.74. The van der Waals surface area contributed by atoms with Gasteiger partial charge in [0.05, 0.1) is 5.56 Å². The van der Waals surface area contributed by atoms with Crippen LogP contribution in [-0.2, 0) is 0 Å². The Labute approximate surface area is 83.1 Å². The monoisotopic (exact) mass is 195 g/mol. The Balaban J connectivity index is 2.56. The molecule has 14 heavy (non-hydrogen) atoms. The molecule has 0 atom stereocenters. The van der Waals surface area contributed by atoms with Crippen LogP contribution in [-0.4, -0.2) is 18.9 Å². The van der Waals surface area contributed by atoms with E-state index < -0.39 is 5.82 Å². The average Bonchev–Trinajstić information content (AvgIpc) is 2.18. The Morgan fingerprint density at radius 3 is 2.79 bits per heavy atom. The summed E-state index contributed by atoms with van der Waals surface area (Å²) in [7, 11) is 0. The predicted octanol–water partition coefficient (Wildman–Crippen LogP) is 2.01. The second-order valence-electron chi connectivity index (χ2n) is 3.01. The van der Waals surface area contributed by atoms with Crippen molar-refractivity contribution in [3.05, 3.63) is 35.6 Å². The van der Waals surface area contributed by atoms with E-state index >= 15 is 0 Å². The molecule has 0 saturated carbocycles. The van der Waals surface area contributed by atoms with Gasteiger partial charge in [0.2, 0.25) is 0 Å². The summed E-state index contributed by atoms with van der Waals surface area (Å²) in [5.74, 6) is -0.585. The molecular formula is C11H14FNO. The van der Waals surface area contributed by atoms with Crippen LogP contribution in [0.3, 0.4) is 0 Å². The van der Waals surface area contributed by atoms with Gasteiger partial charge in [0.25, 0.3) is 0 Å². The van der Waals surface area contributed by atoms with Crippen LogP contribution < -0.4 is 5.32 Å². The molecule has 0 aliphatic heterocycles. The van der Waals surface area contributed by atoms with Crippen LogP contribution in [0, 0.1) is 5.82 Å². The fourth-order valence-electron chi connectivity index (χ4n) is 1.20. The number of benzene rings is 1. The second-order valence-corrected chi connectivity index (χ2v) is 3.01. The number of rotatable bonds is 5. The van der Waals surface area contributed by atoms with Gasteiger partial charge in [0, 0.05) is 13.0 Å². The van der Waals surface area contributed by atoms with Crippen LogP contribution >= 0.6 is 0 Å². The number of nitrogens with one attached hydrogen (secondary N) is 1. The molecule has 1 rings (SSSR count). The van der Waals surface area contributed by atoms with Crippen molar-refractivity contribution in [3.8, 4) is 0 Å². The van der Waals surface area contributed by atoms with Crippen LogP contribution in [0.1, 0.15) is 23.7 Å². The first-order chi connectivity index (χ1) is 6.75. The van der Waals surface area contributed by atoms with Crippen LogP contribution in [0.4, 0.5) is 4.39 Å². The van der Waals surface area contributed by atoms with Crippen LogP contribution in [0.2, 0.25) is 0 Å². The molecule has 0 bridgehead atoms. The van der Waals surface area contributed by atoms with Gasteiger partial charge in [0.1, 0.15) is 5.82 Å². The third-order valence-electron chi connectivity index (χ3n) is 1.95. The molecule has 3 heteroatoms. The average molecular weight is 195 g/mol. The predicted molar refractivity (Wildman–Crippen MR) is 53.9 cm³/mol. The first kappa shape index (κ1) is 10.9. The molecule has 0 radical (unpaired) electrons. The zero-order chi connectivity index (χ0) is 10.4. The fourth-order valence-corrected chi connectivity index (χ4v) is 1.20. The van der Waals surface area contributed by atoms with Crippen molar-refractivity contribution in [1.29, 1.82) is 0 Å². The summed E-state index contributed by atoms with van der Waals surface area (Å²) in [5.41, 5.74) is 0.186. The summed E-state index contributed by atoms with van der Waals surface area (Å²) in [6, 6.07) is 6.07. The molecule has 2 nitrogen and oxygen atoms in total. The molecule has 1 aromatic rings. The van der Waals surface area contributed by atoms with Gasteiger partial charge in [0.15, 0.2) is 5.78 Å². The van der Waals surface area contributed by atoms with E-state index in [1.54, 1.807) is 12.1 Å². The number of carbonyl (C=O) groups excluding carboxylic acids is 1. The summed E-state index contributed by atoms with van der Waals surface area (Å²) >= 11 is 0. The third-order valence-corrected chi connectivity index (χ3v) is 1.95. The number of ketones is 1. The number of halogens is 1. The van der Waals surface area contributed by atoms with Crippen molar-refractivity contribution in [2.24, 2.45) is 0 Å². The van der Waals surface area contributed by atoms with Gasteiger partial charge in [-0.25, -0.2) is 4.39 Å². The smallest absolute Gasteiger partial charge is 0.167 e. The molecule has 0 aliphatic rings. The lowest BCUT2D eigenvalue weighted by atomic mass is 10.1. The molecule has 0 unspecified atom stereocenters. The normalized spacial score (nSPS) is 10.1. The number of hydrogen-bond acceptors (Lipinski definition) is 2. The molecule has 76 valence electrons. The number of carbonyl (C=O) groups is 1. The molecule has 0 spiro atoms. The Kier molecular flexibility index (Phi) is 4.26. The van der Waals surface area contributed by atoms with E-state index in [-0.39, 0.29) is 11.3 Å². The maximum atomic E-state index is 13.1. The first-order valence-corrected chi connectivity index (χ1v) is 4.74. The molecule has 1 N–H and O–H groups in total. The summed E-state index contributed by atoms with van der Waals surface area (Å²) in [6.07, 6.45) is 0.342. The summed E-state index contributed by atoms with van der Waals surface area (Å²) in [6.45, 7) is 3.39. The van der Waals surface area contributed by atoms with Gasteiger partial charge in [-0.2, -0.15) is 0 Å². The molecule has 1 aromatic carbocycles. The maximum absolute atomic E-state index is 13.1. The zero-order valence-corrected chi connectivity index (χ0v) is 8.22. The quantitative estimate of drug-likeness (QED) is 0.575. The standard InChI is InChI=1S/C11H14FNO/c1-2-13-8-7-11(14)9-5-3-4-6-10(9)12/h3-6,13H,2,7-8H2,1H3. The molecule has 0 aliphatic carbocycles. The summed E-state index contributed by atoms with van der Waals surface area (Å²) < 4.78 is 13.1. The van der Waals surface area contributed by atoms with E-state index in [1.807, 2.05) is 6.92 Å². The third kappa shape index (κ3) is 2.92. The molecule has 0 saturated heterocycles. The fraction of sp³-hybridized carbons (Fsp3) is 0.364. The van der Waals surface area contributed by atoms with Crippen LogP contribution in [0.15, 0.2) is 24.3 Å². The van der Waals surface area contributed by atoms with E-state index in [2.05, 4.69) is 5.32 Å². The number of hydrogen-bond donors (Lipinski definition) is 1. The lowest BCUT2D eigenvalue weighted by Gasteiger charge is -2.02. The molecular weight excluding hydrogens is 181 g/mol. The molecule has 0 amide bonds. The Morgan fingerprint density at radius 1 is 1.43 bits per heavy atom. The Morgan fingerprint density at radius 2 is 2.14 bits per heavy atom. The second kappa shape index (κ2) is 5.50. The van der Waals surface area contributed by atoms with Gasteiger partial charge in [-0.05, 0) is 18.7 Å². The summed E-state index contributed by atoms with van der Waals surface area (Å²) in [5, 5.41) is 3.03. The van der Waals surface area contributed by atoms with Gasteiger partial charge in [-0.3, -0.25) is 4.79 Å². The topological polar surface area (TPSA) is 29.1 Å². The minimum atomic E-state index is -0.436. The van der Waals surface area contributed by atoms with E-state index in [0.29, 0.717) is 13.0 Å². The van der Waals surface area contributed by atoms with Crippen molar-refractivity contribution in [2.45, 2.75) is 13.3 Å². The van der Waals surface area contributed by atoms with Gasteiger partial charge < -0.3 is 5.32 Å². The number of Topliss-reactive ketones (excluding diaryl/α,β-unsaturated/α-hetero) is 1. The highest BCUT2D eigenvalue weighted by Crippen LogP contribution is 2.08.